The molecule has 0 spiro atoms. The molecule has 0 radical (unpaired) electrons. The molecule has 1 aliphatic heterocycles. The number of anilines is 1. The molecule has 2 aliphatic carbocycles. The summed E-state index contributed by atoms with van der Waals surface area (Å²) < 4.78 is 25.4. The summed E-state index contributed by atoms with van der Waals surface area (Å²) in [7, 11) is -3.15. The molecule has 29 heavy (non-hydrogen) atoms. The number of pyridine rings is 1. The van der Waals surface area contributed by atoms with Crippen LogP contribution in [0.3, 0.4) is 0 Å². The van der Waals surface area contributed by atoms with Crippen molar-refractivity contribution in [1.29, 1.82) is 0 Å². The number of fused-ring (bicyclic) bond motifs is 3. The Labute approximate surface area is 170 Å². The van der Waals surface area contributed by atoms with Crippen LogP contribution >= 0.6 is 0 Å². The number of carbonyl (C=O) groups is 1. The Balaban J connectivity index is 1.40. The van der Waals surface area contributed by atoms with Crippen molar-refractivity contribution in [1.82, 2.24) is 19.6 Å². The van der Waals surface area contributed by atoms with Crippen molar-refractivity contribution in [2.24, 2.45) is 5.92 Å². The van der Waals surface area contributed by atoms with Crippen molar-refractivity contribution < 1.29 is 13.2 Å². The maximum Gasteiger partial charge on any atom is 0.259 e. The molecule has 2 saturated carbocycles. The number of hydrogen-bond donors (Lipinski definition) is 2. The third-order valence-electron chi connectivity index (χ3n) is 6.52. The molecule has 3 heterocycles. The monoisotopic (exact) mass is 417 g/mol. The second-order valence-electron chi connectivity index (χ2n) is 8.67. The Morgan fingerprint density at radius 2 is 1.83 bits per heavy atom. The Morgan fingerprint density at radius 3 is 2.52 bits per heavy atom. The van der Waals surface area contributed by atoms with Crippen LogP contribution in [0.2, 0.25) is 0 Å². The molecule has 0 saturated heterocycles. The van der Waals surface area contributed by atoms with Gasteiger partial charge in [0.1, 0.15) is 5.65 Å². The molecule has 0 atom stereocenters. The van der Waals surface area contributed by atoms with Gasteiger partial charge >= 0.3 is 0 Å². The van der Waals surface area contributed by atoms with Crippen LogP contribution in [-0.4, -0.2) is 60.7 Å². The van der Waals surface area contributed by atoms with E-state index in [-0.39, 0.29) is 5.91 Å². The minimum atomic E-state index is -3.15. The van der Waals surface area contributed by atoms with Gasteiger partial charge in [-0.05, 0) is 50.5 Å². The predicted molar refractivity (Wildman–Crippen MR) is 111 cm³/mol. The third kappa shape index (κ3) is 3.61. The van der Waals surface area contributed by atoms with Gasteiger partial charge in [-0.15, -0.1) is 0 Å². The zero-order valence-electron chi connectivity index (χ0n) is 16.6. The van der Waals surface area contributed by atoms with Crippen LogP contribution in [0.15, 0.2) is 18.5 Å². The number of nitrogens with one attached hydrogen (secondary N) is 2. The lowest BCUT2D eigenvalue weighted by Gasteiger charge is -2.45. The summed E-state index contributed by atoms with van der Waals surface area (Å²) in [6.07, 6.45) is 10.9. The van der Waals surface area contributed by atoms with Gasteiger partial charge in [0.05, 0.1) is 24.2 Å². The van der Waals surface area contributed by atoms with Crippen LogP contribution in [0.25, 0.3) is 11.0 Å². The molecule has 8 nitrogen and oxygen atoms in total. The van der Waals surface area contributed by atoms with E-state index in [0.717, 1.165) is 55.2 Å². The molecule has 0 bridgehead atoms. The first-order valence-corrected chi connectivity index (χ1v) is 12.3. The van der Waals surface area contributed by atoms with Crippen LogP contribution in [0.1, 0.15) is 48.9 Å². The van der Waals surface area contributed by atoms with Crippen molar-refractivity contribution >= 4 is 32.7 Å². The molecular formula is C20H27N5O3S. The quantitative estimate of drug-likeness (QED) is 0.776. The van der Waals surface area contributed by atoms with Crippen LogP contribution < -0.4 is 9.62 Å². The van der Waals surface area contributed by atoms with E-state index in [1.165, 1.54) is 6.26 Å². The summed E-state index contributed by atoms with van der Waals surface area (Å²) in [5, 5.41) is 1.01. The highest BCUT2D eigenvalue weighted by Crippen LogP contribution is 2.41. The van der Waals surface area contributed by atoms with Gasteiger partial charge in [-0.25, -0.2) is 18.1 Å². The van der Waals surface area contributed by atoms with Gasteiger partial charge in [0, 0.05) is 36.4 Å². The van der Waals surface area contributed by atoms with Gasteiger partial charge in [0.15, 0.2) is 0 Å². The maximum atomic E-state index is 13.1. The molecule has 2 fully saturated rings. The molecule has 1 amide bonds. The Morgan fingerprint density at radius 1 is 1.14 bits per heavy atom. The van der Waals surface area contributed by atoms with Gasteiger partial charge in [0.2, 0.25) is 10.0 Å². The topological polar surface area (TPSA) is 98.4 Å². The summed E-state index contributed by atoms with van der Waals surface area (Å²) in [6.45, 7) is 1.15. The first-order chi connectivity index (χ1) is 13.9. The van der Waals surface area contributed by atoms with Crippen molar-refractivity contribution in [3.63, 3.8) is 0 Å². The standard InChI is InChI=1S/C20H27N5O3S/c1-29(27,28)23-10-13-2-4-14(5-3-13)24-12-25(15-6-7-15)20(26)17-11-22-19-16(18(17)24)8-9-21-19/h8-9,11,13-15,23H,2-7,10,12H2,1H3,(H,21,22)/t13-,14-. The van der Waals surface area contributed by atoms with E-state index in [0.29, 0.717) is 36.8 Å². The molecule has 2 aromatic rings. The normalized spacial score (nSPS) is 25.5. The molecule has 9 heteroatoms. The Hall–Kier alpha value is -2.13. The number of carbonyl (C=O) groups excluding carboxylic acids is 1. The number of hydrogen-bond acceptors (Lipinski definition) is 5. The van der Waals surface area contributed by atoms with Gasteiger partial charge in [-0.1, -0.05) is 0 Å². The molecule has 0 aromatic carbocycles. The van der Waals surface area contributed by atoms with E-state index >= 15 is 0 Å². The molecule has 156 valence electrons. The van der Waals surface area contributed by atoms with Gasteiger partial charge in [-0.3, -0.25) is 4.79 Å². The lowest BCUT2D eigenvalue weighted by Crippen LogP contribution is -2.52. The molecule has 2 aromatic heterocycles. The highest BCUT2D eigenvalue weighted by molar-refractivity contribution is 7.88. The number of nitrogens with zero attached hydrogens (tertiary/aromatic N) is 3. The lowest BCUT2D eigenvalue weighted by molar-refractivity contribution is 0.0718. The number of sulfonamides is 1. The van der Waals surface area contributed by atoms with Crippen LogP contribution in [0.4, 0.5) is 5.69 Å². The number of rotatable bonds is 5. The van der Waals surface area contributed by atoms with E-state index in [1.807, 2.05) is 17.2 Å². The van der Waals surface area contributed by atoms with E-state index in [1.54, 1.807) is 6.20 Å². The fourth-order valence-corrected chi connectivity index (χ4v) is 5.35. The van der Waals surface area contributed by atoms with Gasteiger partial charge < -0.3 is 14.8 Å². The molecular weight excluding hydrogens is 390 g/mol. The lowest BCUT2D eigenvalue weighted by atomic mass is 9.85. The number of H-pyrrole nitrogens is 1. The van der Waals surface area contributed by atoms with Crippen molar-refractivity contribution in [3.05, 3.63) is 24.0 Å². The van der Waals surface area contributed by atoms with Crippen LogP contribution in [-0.2, 0) is 10.0 Å². The van der Waals surface area contributed by atoms with Gasteiger partial charge in [-0.2, -0.15) is 0 Å². The largest absolute Gasteiger partial charge is 0.349 e. The highest BCUT2D eigenvalue weighted by atomic mass is 32.2. The average molecular weight is 418 g/mol. The summed E-state index contributed by atoms with van der Waals surface area (Å²) in [5.74, 6) is 0.469. The maximum absolute atomic E-state index is 13.1. The minimum absolute atomic E-state index is 0.0976. The number of aromatic nitrogens is 2. The summed E-state index contributed by atoms with van der Waals surface area (Å²) in [4.78, 5) is 25.2. The summed E-state index contributed by atoms with van der Waals surface area (Å²) in [5.41, 5.74) is 2.53. The number of amides is 1. The van der Waals surface area contributed by atoms with E-state index in [2.05, 4.69) is 19.6 Å². The first kappa shape index (κ1) is 18.9. The first-order valence-electron chi connectivity index (χ1n) is 10.4. The molecule has 0 unspecified atom stereocenters. The number of aromatic amines is 1. The average Bonchev–Trinajstić information content (AvgIpc) is 3.42. The van der Waals surface area contributed by atoms with E-state index in [4.69, 9.17) is 0 Å². The minimum Gasteiger partial charge on any atom is -0.349 e. The van der Waals surface area contributed by atoms with Crippen molar-refractivity contribution in [3.8, 4) is 0 Å². The Bertz CT molecular complexity index is 1040. The summed E-state index contributed by atoms with van der Waals surface area (Å²) >= 11 is 0. The molecule has 5 rings (SSSR count). The van der Waals surface area contributed by atoms with E-state index < -0.39 is 10.0 Å². The zero-order chi connectivity index (χ0) is 20.2. The fraction of sp³-hybridized carbons (Fsp3) is 0.600. The molecule has 3 aliphatic rings. The van der Waals surface area contributed by atoms with Crippen LogP contribution in [0, 0.1) is 5.92 Å². The van der Waals surface area contributed by atoms with E-state index in [9.17, 15) is 13.2 Å². The summed E-state index contributed by atoms with van der Waals surface area (Å²) in [6, 6.07) is 2.71. The molecule has 2 N–H and O–H groups in total. The zero-order valence-corrected chi connectivity index (χ0v) is 17.4. The second-order valence-corrected chi connectivity index (χ2v) is 10.5. The highest BCUT2D eigenvalue weighted by Gasteiger charge is 2.42. The van der Waals surface area contributed by atoms with Crippen molar-refractivity contribution in [2.75, 3.05) is 24.4 Å². The SMILES string of the molecule is CS(=O)(=O)NC[C@H]1CC[C@H](N2CN(C3CC3)C(=O)c3cnc4[nH]ccc4c32)CC1. The second kappa shape index (κ2) is 6.98. The Kier molecular flexibility index (Phi) is 4.54. The predicted octanol–water partition coefficient (Wildman–Crippen LogP) is 2.05. The smallest absolute Gasteiger partial charge is 0.259 e. The van der Waals surface area contributed by atoms with Crippen molar-refractivity contribution in [2.45, 2.75) is 50.6 Å². The van der Waals surface area contributed by atoms with Crippen LogP contribution in [0.5, 0.6) is 0 Å². The third-order valence-corrected chi connectivity index (χ3v) is 7.21. The fourth-order valence-electron chi connectivity index (χ4n) is 4.81. The van der Waals surface area contributed by atoms with Gasteiger partial charge in [0.25, 0.3) is 5.91 Å².